The van der Waals surface area contributed by atoms with E-state index in [4.69, 9.17) is 0 Å². The maximum absolute atomic E-state index is 11.8. The zero-order chi connectivity index (χ0) is 13.9. The molecule has 1 aliphatic carbocycles. The van der Waals surface area contributed by atoms with Gasteiger partial charge in [-0.2, -0.15) is 13.2 Å². The van der Waals surface area contributed by atoms with Crippen LogP contribution in [0.4, 0.5) is 13.2 Å². The van der Waals surface area contributed by atoms with Crippen molar-refractivity contribution in [2.75, 3.05) is 13.2 Å². The third-order valence-electron chi connectivity index (χ3n) is 3.25. The molecule has 2 rings (SSSR count). The summed E-state index contributed by atoms with van der Waals surface area (Å²) in [5.74, 6) is 0. The molecule has 1 aromatic rings. The Morgan fingerprint density at radius 3 is 2.84 bits per heavy atom. The number of aliphatic hydroxyl groups is 1. The topological polar surface area (TPSA) is 34.4 Å². The van der Waals surface area contributed by atoms with Gasteiger partial charge in [-0.05, 0) is 31.2 Å². The van der Waals surface area contributed by atoms with Gasteiger partial charge < -0.3 is 14.4 Å². The maximum Gasteiger partial charge on any atom is 0.411 e. The van der Waals surface area contributed by atoms with E-state index in [0.29, 0.717) is 13.0 Å². The van der Waals surface area contributed by atoms with Gasteiger partial charge in [-0.25, -0.2) is 0 Å². The highest BCUT2D eigenvalue weighted by molar-refractivity contribution is 5.28. The summed E-state index contributed by atoms with van der Waals surface area (Å²) in [5, 5.41) is 9.81. The minimum Gasteiger partial charge on any atom is -0.388 e. The van der Waals surface area contributed by atoms with Gasteiger partial charge in [-0.3, -0.25) is 0 Å². The summed E-state index contributed by atoms with van der Waals surface area (Å²) in [7, 11) is 0. The Kier molecular flexibility index (Phi) is 4.52. The molecule has 1 aromatic heterocycles. The predicted molar refractivity (Wildman–Crippen MR) is 63.8 cm³/mol. The normalized spacial score (nSPS) is 19.5. The van der Waals surface area contributed by atoms with Crippen molar-refractivity contribution in [3.63, 3.8) is 0 Å². The molecule has 0 spiro atoms. The second-order valence-electron chi connectivity index (χ2n) is 4.91. The van der Waals surface area contributed by atoms with Crippen LogP contribution in [0.3, 0.4) is 0 Å². The van der Waals surface area contributed by atoms with E-state index < -0.39 is 18.9 Å². The Balaban J connectivity index is 1.75. The molecule has 0 saturated carbocycles. The van der Waals surface area contributed by atoms with Crippen LogP contribution in [0.25, 0.3) is 0 Å². The third kappa shape index (κ3) is 4.24. The minimum absolute atomic E-state index is 0.0882. The average molecular weight is 277 g/mol. The van der Waals surface area contributed by atoms with Gasteiger partial charge in [0.15, 0.2) is 0 Å². The number of aryl methyl sites for hydroxylation is 2. The summed E-state index contributed by atoms with van der Waals surface area (Å²) >= 11 is 0. The Bertz CT molecular complexity index is 415. The lowest BCUT2D eigenvalue weighted by atomic mass is 9.93. The second-order valence-corrected chi connectivity index (χ2v) is 4.91. The molecule has 1 atom stereocenters. The van der Waals surface area contributed by atoms with Crippen LogP contribution >= 0.6 is 0 Å². The standard InChI is InChI=1S/C13H18F3NO2/c14-13(15,16)9-19-6-2-5-17-7-10-3-1-4-12(18)11(10)8-17/h7-8,12,18H,1-6,9H2. The zero-order valence-corrected chi connectivity index (χ0v) is 10.6. The summed E-state index contributed by atoms with van der Waals surface area (Å²) < 4.78 is 42.0. The molecule has 108 valence electrons. The predicted octanol–water partition coefficient (Wildman–Crippen LogP) is 2.83. The first-order chi connectivity index (χ1) is 8.96. The Labute approximate surface area is 110 Å². The van der Waals surface area contributed by atoms with Crippen LogP contribution < -0.4 is 0 Å². The van der Waals surface area contributed by atoms with Crippen molar-refractivity contribution in [2.24, 2.45) is 0 Å². The fourth-order valence-corrected chi connectivity index (χ4v) is 2.39. The maximum atomic E-state index is 11.8. The van der Waals surface area contributed by atoms with Crippen LogP contribution in [0.5, 0.6) is 0 Å². The van der Waals surface area contributed by atoms with Crippen molar-refractivity contribution < 1.29 is 23.0 Å². The highest BCUT2D eigenvalue weighted by atomic mass is 19.4. The highest BCUT2D eigenvalue weighted by Crippen LogP contribution is 2.30. The quantitative estimate of drug-likeness (QED) is 0.840. The van der Waals surface area contributed by atoms with Crippen molar-refractivity contribution in [2.45, 2.75) is 44.5 Å². The number of hydrogen-bond donors (Lipinski definition) is 1. The van der Waals surface area contributed by atoms with E-state index in [1.807, 2.05) is 17.0 Å². The summed E-state index contributed by atoms with van der Waals surface area (Å²) in [6, 6.07) is 0. The number of fused-ring (bicyclic) bond motifs is 1. The van der Waals surface area contributed by atoms with Gasteiger partial charge >= 0.3 is 6.18 Å². The molecule has 1 N–H and O–H groups in total. The van der Waals surface area contributed by atoms with Gasteiger partial charge in [0.05, 0.1) is 6.10 Å². The summed E-state index contributed by atoms with van der Waals surface area (Å²) in [6.07, 6.45) is 2.47. The molecule has 19 heavy (non-hydrogen) atoms. The van der Waals surface area contributed by atoms with Crippen LogP contribution in [0.15, 0.2) is 12.4 Å². The molecule has 0 saturated heterocycles. The van der Waals surface area contributed by atoms with E-state index in [9.17, 15) is 18.3 Å². The second kappa shape index (κ2) is 5.96. The van der Waals surface area contributed by atoms with Crippen LogP contribution in [-0.4, -0.2) is 29.1 Å². The number of aliphatic hydroxyl groups excluding tert-OH is 1. The molecular weight excluding hydrogens is 259 g/mol. The van der Waals surface area contributed by atoms with Gasteiger partial charge in [0, 0.05) is 31.1 Å². The lowest BCUT2D eigenvalue weighted by Crippen LogP contribution is -2.17. The van der Waals surface area contributed by atoms with Gasteiger partial charge in [0.2, 0.25) is 0 Å². The first-order valence-electron chi connectivity index (χ1n) is 6.47. The first-order valence-corrected chi connectivity index (χ1v) is 6.47. The van der Waals surface area contributed by atoms with Gasteiger partial charge in [-0.15, -0.1) is 0 Å². The van der Waals surface area contributed by atoms with E-state index in [1.165, 1.54) is 0 Å². The van der Waals surface area contributed by atoms with Crippen molar-refractivity contribution in [1.82, 2.24) is 4.57 Å². The van der Waals surface area contributed by atoms with E-state index in [2.05, 4.69) is 4.74 Å². The molecular formula is C13H18F3NO2. The minimum atomic E-state index is -4.25. The largest absolute Gasteiger partial charge is 0.411 e. The molecule has 0 radical (unpaired) electrons. The van der Waals surface area contributed by atoms with Crippen molar-refractivity contribution in [3.05, 3.63) is 23.5 Å². The van der Waals surface area contributed by atoms with Crippen molar-refractivity contribution in [3.8, 4) is 0 Å². The van der Waals surface area contributed by atoms with E-state index in [1.54, 1.807) is 0 Å². The fourth-order valence-electron chi connectivity index (χ4n) is 2.39. The van der Waals surface area contributed by atoms with Crippen molar-refractivity contribution in [1.29, 1.82) is 0 Å². The number of halogens is 3. The zero-order valence-electron chi connectivity index (χ0n) is 10.6. The third-order valence-corrected chi connectivity index (χ3v) is 3.25. The van der Waals surface area contributed by atoms with Crippen LogP contribution in [0.2, 0.25) is 0 Å². The average Bonchev–Trinajstić information content (AvgIpc) is 2.71. The highest BCUT2D eigenvalue weighted by Gasteiger charge is 2.27. The number of alkyl halides is 3. The molecule has 1 heterocycles. The van der Waals surface area contributed by atoms with E-state index in [0.717, 1.165) is 30.4 Å². The SMILES string of the molecule is OC1CCCc2cn(CCCOCC(F)(F)F)cc21. The number of hydrogen-bond acceptors (Lipinski definition) is 2. The van der Waals surface area contributed by atoms with Crippen LogP contribution in [0.1, 0.15) is 36.5 Å². The smallest absolute Gasteiger partial charge is 0.388 e. The Hall–Kier alpha value is -1.01. The van der Waals surface area contributed by atoms with Gasteiger partial charge in [-0.1, -0.05) is 0 Å². The number of ether oxygens (including phenoxy) is 1. The number of nitrogens with zero attached hydrogens (tertiary/aromatic N) is 1. The molecule has 0 bridgehead atoms. The monoisotopic (exact) mass is 277 g/mol. The molecule has 1 unspecified atom stereocenters. The molecule has 0 fully saturated rings. The molecule has 0 aliphatic heterocycles. The Morgan fingerprint density at radius 2 is 2.16 bits per heavy atom. The molecule has 1 aliphatic rings. The Morgan fingerprint density at radius 1 is 1.37 bits per heavy atom. The van der Waals surface area contributed by atoms with E-state index in [-0.39, 0.29) is 6.61 Å². The van der Waals surface area contributed by atoms with Crippen molar-refractivity contribution >= 4 is 0 Å². The lowest BCUT2D eigenvalue weighted by Gasteiger charge is -2.16. The summed E-state index contributed by atoms with van der Waals surface area (Å²) in [5.41, 5.74) is 2.11. The van der Waals surface area contributed by atoms with Crippen LogP contribution in [-0.2, 0) is 17.7 Å². The molecule has 0 aromatic carbocycles. The molecule has 6 heteroatoms. The molecule has 3 nitrogen and oxygen atoms in total. The van der Waals surface area contributed by atoms with Crippen LogP contribution in [0, 0.1) is 0 Å². The number of aromatic nitrogens is 1. The van der Waals surface area contributed by atoms with Gasteiger partial charge in [0.25, 0.3) is 0 Å². The molecule has 0 amide bonds. The fraction of sp³-hybridized carbons (Fsp3) is 0.692. The summed E-state index contributed by atoms with van der Waals surface area (Å²) in [4.78, 5) is 0. The van der Waals surface area contributed by atoms with Gasteiger partial charge in [0.1, 0.15) is 6.61 Å². The summed E-state index contributed by atoms with van der Waals surface area (Å²) in [6.45, 7) is -0.490. The number of rotatable bonds is 5. The first kappa shape index (κ1) is 14.4. The lowest BCUT2D eigenvalue weighted by molar-refractivity contribution is -0.174. The van der Waals surface area contributed by atoms with E-state index >= 15 is 0 Å².